The smallest absolute Gasteiger partial charge is 0.307 e. The van der Waals surface area contributed by atoms with E-state index in [0.29, 0.717) is 28.8 Å². The Morgan fingerprint density at radius 2 is 1.62 bits per heavy atom. The number of hydrogen-bond donors (Lipinski definition) is 1. The predicted molar refractivity (Wildman–Crippen MR) is 154 cm³/mol. The van der Waals surface area contributed by atoms with Crippen LogP contribution in [0.2, 0.25) is 0 Å². The number of rotatable bonds is 12. The van der Waals surface area contributed by atoms with Gasteiger partial charge in [0.1, 0.15) is 5.70 Å². The summed E-state index contributed by atoms with van der Waals surface area (Å²) in [6.07, 6.45) is 4.58. The van der Waals surface area contributed by atoms with Crippen LogP contribution >= 0.6 is 0 Å². The first-order chi connectivity index (χ1) is 19.0. The zero-order valence-corrected chi connectivity index (χ0v) is 24.7. The lowest BCUT2D eigenvalue weighted by Crippen LogP contribution is -2.36. The first kappa shape index (κ1) is 30.5. The fourth-order valence-electron chi connectivity index (χ4n) is 4.07. The number of likely N-dealkylation sites (N-methyl/N-ethyl adjacent to an activating group) is 1. The predicted octanol–water partition coefficient (Wildman–Crippen LogP) is 3.35. The van der Waals surface area contributed by atoms with Crippen molar-refractivity contribution < 1.29 is 32.2 Å². The van der Waals surface area contributed by atoms with Gasteiger partial charge in [-0.2, -0.15) is 12.7 Å². The van der Waals surface area contributed by atoms with E-state index in [2.05, 4.69) is 5.32 Å². The summed E-state index contributed by atoms with van der Waals surface area (Å²) in [5, 5.41) is 3.32. The van der Waals surface area contributed by atoms with Crippen molar-refractivity contribution >= 4 is 39.0 Å². The number of fused-ring (bicyclic) bond motifs is 1. The molecule has 0 unspecified atom stereocenters. The van der Waals surface area contributed by atoms with Crippen molar-refractivity contribution in [3.05, 3.63) is 59.4 Å². The monoisotopic (exact) mass is 572 g/mol. The molecule has 1 heterocycles. The van der Waals surface area contributed by atoms with Crippen molar-refractivity contribution in [2.75, 3.05) is 49.0 Å². The van der Waals surface area contributed by atoms with Gasteiger partial charge in [0, 0.05) is 50.4 Å². The highest BCUT2D eigenvalue weighted by molar-refractivity contribution is 7.87. The summed E-state index contributed by atoms with van der Waals surface area (Å²) in [7, 11) is 5.01. The molecule has 0 bridgehead atoms. The summed E-state index contributed by atoms with van der Waals surface area (Å²) in [5.74, 6) is -0.140. The fourth-order valence-corrected chi connectivity index (χ4v) is 5.08. The molecule has 2 aromatic carbocycles. The molecule has 11 nitrogen and oxygen atoms in total. The molecule has 0 aliphatic heterocycles. The number of carbonyl (C=O) groups excluding carboxylic acids is 2. The molecular weight excluding hydrogens is 536 g/mol. The number of benzene rings is 2. The minimum Gasteiger partial charge on any atom is -0.493 e. The van der Waals surface area contributed by atoms with Gasteiger partial charge in [0.05, 0.1) is 26.8 Å². The van der Waals surface area contributed by atoms with E-state index in [1.165, 1.54) is 64.7 Å². The zero-order chi connectivity index (χ0) is 29.6. The Morgan fingerprint density at radius 1 is 1.00 bits per heavy atom. The third-order valence-electron chi connectivity index (χ3n) is 6.32. The molecule has 2 amide bonds. The molecule has 3 aromatic rings. The first-order valence-corrected chi connectivity index (χ1v) is 14.0. The van der Waals surface area contributed by atoms with Crippen molar-refractivity contribution in [3.8, 4) is 17.2 Å². The second-order valence-corrected chi connectivity index (χ2v) is 11.2. The Bertz CT molecular complexity index is 1500. The Kier molecular flexibility index (Phi) is 9.83. The van der Waals surface area contributed by atoms with Gasteiger partial charge in [-0.25, -0.2) is 3.97 Å². The van der Waals surface area contributed by atoms with E-state index in [1.807, 2.05) is 6.92 Å². The molecule has 12 heteroatoms. The van der Waals surface area contributed by atoms with Crippen molar-refractivity contribution in [2.24, 2.45) is 0 Å². The zero-order valence-electron chi connectivity index (χ0n) is 23.8. The molecule has 0 aliphatic rings. The molecule has 40 heavy (non-hydrogen) atoms. The van der Waals surface area contributed by atoms with Crippen molar-refractivity contribution in [1.82, 2.24) is 18.5 Å². The molecule has 0 aliphatic carbocycles. The number of methoxy groups -OCH3 is 3. The van der Waals surface area contributed by atoms with Gasteiger partial charge in [0.25, 0.3) is 11.8 Å². The maximum Gasteiger partial charge on any atom is 0.307 e. The van der Waals surface area contributed by atoms with Gasteiger partial charge in [-0.3, -0.25) is 9.59 Å². The highest BCUT2D eigenvalue weighted by atomic mass is 32.2. The molecule has 0 atom stereocenters. The van der Waals surface area contributed by atoms with Crippen molar-refractivity contribution in [3.63, 3.8) is 0 Å². The lowest BCUT2D eigenvalue weighted by atomic mass is 10.1. The standard InChI is InChI=1S/C28H36N4O7S/c1-8-9-14-31(4)28(34)22(29-27(33)19-16-24(37-5)26(39-7)25(17-19)38-6)15-20-18-32(40(35,36)30(2)3)23-13-11-10-12-21(20)23/h10-13,15-18H,8-9,14H2,1-7H3,(H,29,33). The van der Waals surface area contributed by atoms with Crippen LogP contribution in [0.5, 0.6) is 17.2 Å². The number of aromatic nitrogens is 1. The van der Waals surface area contributed by atoms with Gasteiger partial charge in [-0.1, -0.05) is 31.5 Å². The summed E-state index contributed by atoms with van der Waals surface area (Å²) < 4.78 is 44.4. The molecule has 1 N–H and O–H groups in total. The normalized spacial score (nSPS) is 11.9. The van der Waals surface area contributed by atoms with Gasteiger partial charge in [0.2, 0.25) is 5.75 Å². The number of amides is 2. The van der Waals surface area contributed by atoms with Gasteiger partial charge in [-0.15, -0.1) is 0 Å². The molecule has 0 saturated heterocycles. The van der Waals surface area contributed by atoms with Crippen molar-refractivity contribution in [1.29, 1.82) is 0 Å². The summed E-state index contributed by atoms with van der Waals surface area (Å²) >= 11 is 0. The van der Waals surface area contributed by atoms with E-state index in [4.69, 9.17) is 14.2 Å². The Morgan fingerprint density at radius 3 is 2.17 bits per heavy atom. The van der Waals surface area contributed by atoms with Crippen LogP contribution < -0.4 is 19.5 Å². The van der Waals surface area contributed by atoms with Crippen LogP contribution in [-0.2, 0) is 15.0 Å². The molecule has 3 rings (SSSR count). The SMILES string of the molecule is CCCCN(C)C(=O)C(=Cc1cn(S(=O)(=O)N(C)C)c2ccccc12)NC(=O)c1cc(OC)c(OC)c(OC)c1. The number of para-hydroxylation sites is 1. The van der Waals surface area contributed by atoms with Gasteiger partial charge in [-0.05, 0) is 30.7 Å². The van der Waals surface area contributed by atoms with E-state index in [0.717, 1.165) is 21.1 Å². The summed E-state index contributed by atoms with van der Waals surface area (Å²) in [6.45, 7) is 2.49. The van der Waals surface area contributed by atoms with E-state index in [-0.39, 0.29) is 22.8 Å². The average Bonchev–Trinajstić information content (AvgIpc) is 3.33. The third kappa shape index (κ3) is 6.23. The minimum atomic E-state index is -3.86. The summed E-state index contributed by atoms with van der Waals surface area (Å²) in [6, 6.07) is 9.90. The Hall–Kier alpha value is -4.03. The van der Waals surface area contributed by atoms with Gasteiger partial charge in [0.15, 0.2) is 11.5 Å². The molecule has 0 fully saturated rings. The number of nitrogens with zero attached hydrogens (tertiary/aromatic N) is 3. The molecule has 0 radical (unpaired) electrons. The maximum atomic E-state index is 13.6. The number of nitrogens with one attached hydrogen (secondary N) is 1. The Balaban J connectivity index is 2.16. The second kappa shape index (κ2) is 12.9. The molecular formula is C28H36N4O7S. The number of carbonyl (C=O) groups is 2. The third-order valence-corrected chi connectivity index (χ3v) is 8.04. The minimum absolute atomic E-state index is 0.0255. The fraction of sp³-hybridized carbons (Fsp3) is 0.357. The topological polar surface area (TPSA) is 119 Å². The largest absolute Gasteiger partial charge is 0.493 e. The van der Waals surface area contributed by atoms with Crippen LogP contribution in [0.25, 0.3) is 17.0 Å². The molecule has 0 spiro atoms. The van der Waals surface area contributed by atoms with Crippen LogP contribution in [-0.4, -0.2) is 82.4 Å². The number of hydrogen-bond acceptors (Lipinski definition) is 7. The second-order valence-electron chi connectivity index (χ2n) is 9.19. The van der Waals surface area contributed by atoms with Crippen LogP contribution in [0, 0.1) is 0 Å². The van der Waals surface area contributed by atoms with E-state index < -0.39 is 22.0 Å². The maximum absolute atomic E-state index is 13.6. The highest BCUT2D eigenvalue weighted by Crippen LogP contribution is 2.38. The number of unbranched alkanes of at least 4 members (excludes halogenated alkanes) is 1. The summed E-state index contributed by atoms with van der Waals surface area (Å²) in [5.41, 5.74) is 1.02. The lowest BCUT2D eigenvalue weighted by Gasteiger charge is -2.20. The van der Waals surface area contributed by atoms with Crippen LogP contribution in [0.15, 0.2) is 48.3 Å². The molecule has 216 valence electrons. The summed E-state index contributed by atoms with van der Waals surface area (Å²) in [4.78, 5) is 28.5. The Labute approximate surface area is 235 Å². The highest BCUT2D eigenvalue weighted by Gasteiger charge is 2.24. The van der Waals surface area contributed by atoms with E-state index in [9.17, 15) is 18.0 Å². The van der Waals surface area contributed by atoms with Crippen molar-refractivity contribution in [2.45, 2.75) is 19.8 Å². The van der Waals surface area contributed by atoms with Gasteiger partial charge < -0.3 is 24.4 Å². The van der Waals surface area contributed by atoms with E-state index in [1.54, 1.807) is 31.3 Å². The molecule has 0 saturated carbocycles. The van der Waals surface area contributed by atoms with Crippen LogP contribution in [0.4, 0.5) is 0 Å². The van der Waals surface area contributed by atoms with Gasteiger partial charge >= 0.3 is 10.2 Å². The van der Waals surface area contributed by atoms with E-state index >= 15 is 0 Å². The quantitative estimate of drug-likeness (QED) is 0.331. The molecule has 1 aromatic heterocycles. The number of ether oxygens (including phenoxy) is 3. The lowest BCUT2D eigenvalue weighted by molar-refractivity contribution is -0.126. The van der Waals surface area contributed by atoms with Crippen LogP contribution in [0.1, 0.15) is 35.7 Å². The first-order valence-electron chi connectivity index (χ1n) is 12.6. The average molecular weight is 573 g/mol. The van der Waals surface area contributed by atoms with Crippen LogP contribution in [0.3, 0.4) is 0 Å².